The Morgan fingerprint density at radius 3 is 2.67 bits per heavy atom. The van der Waals surface area contributed by atoms with E-state index in [2.05, 4.69) is 21.7 Å². The zero-order chi connectivity index (χ0) is 16.4. The Labute approximate surface area is 146 Å². The van der Waals surface area contributed by atoms with E-state index in [4.69, 9.17) is 4.74 Å². The van der Waals surface area contributed by atoms with E-state index in [0.717, 1.165) is 10.9 Å². The fourth-order valence-electron chi connectivity index (χ4n) is 2.99. The summed E-state index contributed by atoms with van der Waals surface area (Å²) in [5, 5.41) is 0.956. The van der Waals surface area contributed by atoms with Crippen molar-refractivity contribution in [3.63, 3.8) is 0 Å². The van der Waals surface area contributed by atoms with Crippen LogP contribution in [0.2, 0.25) is 0 Å². The van der Waals surface area contributed by atoms with Crippen molar-refractivity contribution >= 4 is 17.7 Å². The van der Waals surface area contributed by atoms with Gasteiger partial charge in [0.15, 0.2) is 5.16 Å². The van der Waals surface area contributed by atoms with Gasteiger partial charge in [0.05, 0.1) is 30.9 Å². The predicted molar refractivity (Wildman–Crippen MR) is 94.1 cm³/mol. The average Bonchev–Trinajstić information content (AvgIpc) is 3.40. The number of carbonyl (C=O) groups is 1. The number of aromatic nitrogens is 2. The molecule has 0 spiro atoms. The van der Waals surface area contributed by atoms with Gasteiger partial charge in [0.2, 0.25) is 5.91 Å². The Hall–Kier alpha value is -1.79. The lowest BCUT2D eigenvalue weighted by molar-refractivity contribution is -0.132. The topological polar surface area (TPSA) is 47.4 Å². The molecule has 1 aliphatic carbocycles. The van der Waals surface area contributed by atoms with Gasteiger partial charge in [-0.15, -0.1) is 0 Å². The first-order chi connectivity index (χ1) is 11.8. The Kier molecular flexibility index (Phi) is 4.58. The second-order valence-electron chi connectivity index (χ2n) is 6.18. The normalized spacial score (nSPS) is 17.9. The molecule has 6 heteroatoms. The smallest absolute Gasteiger partial charge is 0.233 e. The van der Waals surface area contributed by atoms with Crippen LogP contribution in [-0.2, 0) is 9.53 Å². The number of morpholine rings is 1. The second-order valence-corrected chi connectivity index (χ2v) is 7.12. The molecule has 2 heterocycles. The molecule has 126 valence electrons. The number of thioether (sulfide) groups is 1. The van der Waals surface area contributed by atoms with Crippen LogP contribution in [0.15, 0.2) is 41.7 Å². The molecule has 1 saturated heterocycles. The van der Waals surface area contributed by atoms with Crippen LogP contribution in [0.1, 0.15) is 18.9 Å². The fourth-order valence-corrected chi connectivity index (χ4v) is 3.94. The molecule has 1 aromatic carbocycles. The van der Waals surface area contributed by atoms with Gasteiger partial charge in [0.1, 0.15) is 0 Å². The van der Waals surface area contributed by atoms with Crippen molar-refractivity contribution < 1.29 is 9.53 Å². The standard InChI is InChI=1S/C18H21N3O2S/c22-17(20-8-10-23-11-9-20)13-24-18-19-12-16(21(18)15-6-7-15)14-4-2-1-3-5-14/h1-5,12,15H,6-11,13H2. The molecular formula is C18H21N3O2S. The van der Waals surface area contributed by atoms with Crippen LogP contribution in [-0.4, -0.2) is 52.4 Å². The predicted octanol–water partition coefficient (Wildman–Crippen LogP) is 2.84. The van der Waals surface area contributed by atoms with Crippen molar-refractivity contribution in [2.75, 3.05) is 32.1 Å². The number of benzene rings is 1. The SMILES string of the molecule is O=C(CSc1ncc(-c2ccccc2)n1C1CC1)N1CCOCC1. The van der Waals surface area contributed by atoms with E-state index < -0.39 is 0 Å². The number of rotatable bonds is 5. The quantitative estimate of drug-likeness (QED) is 0.783. The van der Waals surface area contributed by atoms with Crippen molar-refractivity contribution in [1.82, 2.24) is 14.5 Å². The summed E-state index contributed by atoms with van der Waals surface area (Å²) in [6, 6.07) is 10.9. The van der Waals surface area contributed by atoms with Crippen LogP contribution in [0.25, 0.3) is 11.3 Å². The molecule has 0 atom stereocenters. The monoisotopic (exact) mass is 343 g/mol. The van der Waals surface area contributed by atoms with Gasteiger partial charge >= 0.3 is 0 Å². The highest BCUT2D eigenvalue weighted by molar-refractivity contribution is 7.99. The summed E-state index contributed by atoms with van der Waals surface area (Å²) in [6.45, 7) is 2.69. The highest BCUT2D eigenvalue weighted by Crippen LogP contribution is 2.41. The molecule has 5 nitrogen and oxygen atoms in total. The number of imidazole rings is 1. The average molecular weight is 343 g/mol. The summed E-state index contributed by atoms with van der Waals surface area (Å²) in [5.41, 5.74) is 2.34. The Balaban J connectivity index is 1.49. The van der Waals surface area contributed by atoms with E-state index in [-0.39, 0.29) is 5.91 Å². The van der Waals surface area contributed by atoms with Gasteiger partial charge in [-0.2, -0.15) is 0 Å². The van der Waals surface area contributed by atoms with E-state index in [1.54, 1.807) is 11.8 Å². The summed E-state index contributed by atoms with van der Waals surface area (Å²) in [7, 11) is 0. The van der Waals surface area contributed by atoms with E-state index in [1.807, 2.05) is 29.3 Å². The maximum atomic E-state index is 12.4. The van der Waals surface area contributed by atoms with E-state index in [1.165, 1.54) is 18.4 Å². The van der Waals surface area contributed by atoms with E-state index in [0.29, 0.717) is 38.1 Å². The minimum atomic E-state index is 0.176. The van der Waals surface area contributed by atoms with Gasteiger partial charge in [-0.05, 0) is 18.4 Å². The molecular weight excluding hydrogens is 322 g/mol. The lowest BCUT2D eigenvalue weighted by Crippen LogP contribution is -2.41. The summed E-state index contributed by atoms with van der Waals surface area (Å²) in [4.78, 5) is 18.8. The van der Waals surface area contributed by atoms with E-state index in [9.17, 15) is 4.79 Å². The molecule has 1 saturated carbocycles. The molecule has 2 aromatic rings. The van der Waals surface area contributed by atoms with Gasteiger partial charge in [-0.25, -0.2) is 4.98 Å². The largest absolute Gasteiger partial charge is 0.378 e. The minimum absolute atomic E-state index is 0.176. The molecule has 2 aliphatic rings. The van der Waals surface area contributed by atoms with Gasteiger partial charge in [0.25, 0.3) is 0 Å². The van der Waals surface area contributed by atoms with Crippen LogP contribution in [0.5, 0.6) is 0 Å². The molecule has 0 unspecified atom stereocenters. The highest BCUT2D eigenvalue weighted by Gasteiger charge is 2.29. The van der Waals surface area contributed by atoms with E-state index >= 15 is 0 Å². The van der Waals surface area contributed by atoms with Crippen molar-refractivity contribution in [3.05, 3.63) is 36.5 Å². The molecule has 2 fully saturated rings. The van der Waals surface area contributed by atoms with Crippen LogP contribution in [0, 0.1) is 0 Å². The Morgan fingerprint density at radius 2 is 1.96 bits per heavy atom. The fraction of sp³-hybridized carbons (Fsp3) is 0.444. The van der Waals surface area contributed by atoms with Gasteiger partial charge in [0, 0.05) is 19.1 Å². The molecule has 1 aromatic heterocycles. The first kappa shape index (κ1) is 15.7. The summed E-state index contributed by atoms with van der Waals surface area (Å²) < 4.78 is 7.62. The number of ether oxygens (including phenoxy) is 1. The van der Waals surface area contributed by atoms with Gasteiger partial charge in [-0.3, -0.25) is 4.79 Å². The number of hydrogen-bond acceptors (Lipinski definition) is 4. The number of nitrogens with zero attached hydrogens (tertiary/aromatic N) is 3. The zero-order valence-corrected chi connectivity index (χ0v) is 14.4. The molecule has 0 N–H and O–H groups in total. The third-order valence-electron chi connectivity index (χ3n) is 4.43. The minimum Gasteiger partial charge on any atom is -0.378 e. The molecule has 4 rings (SSSR count). The first-order valence-electron chi connectivity index (χ1n) is 8.44. The molecule has 1 aliphatic heterocycles. The summed E-state index contributed by atoms with van der Waals surface area (Å²) in [6.07, 6.45) is 4.33. The van der Waals surface area contributed by atoms with Crippen LogP contribution >= 0.6 is 11.8 Å². The summed E-state index contributed by atoms with van der Waals surface area (Å²) >= 11 is 1.55. The van der Waals surface area contributed by atoms with Crippen molar-refractivity contribution in [1.29, 1.82) is 0 Å². The van der Waals surface area contributed by atoms with Crippen LogP contribution < -0.4 is 0 Å². The zero-order valence-electron chi connectivity index (χ0n) is 13.6. The summed E-state index contributed by atoms with van der Waals surface area (Å²) in [5.74, 6) is 0.618. The lowest BCUT2D eigenvalue weighted by Gasteiger charge is -2.26. The number of amides is 1. The van der Waals surface area contributed by atoms with Crippen molar-refractivity contribution in [3.8, 4) is 11.3 Å². The maximum absolute atomic E-state index is 12.4. The second kappa shape index (κ2) is 6.99. The molecule has 1 amide bonds. The molecule has 0 radical (unpaired) electrons. The lowest BCUT2D eigenvalue weighted by atomic mass is 10.2. The van der Waals surface area contributed by atoms with Gasteiger partial charge < -0.3 is 14.2 Å². The third-order valence-corrected chi connectivity index (χ3v) is 5.38. The van der Waals surface area contributed by atoms with Gasteiger partial charge in [-0.1, -0.05) is 42.1 Å². The Bertz CT molecular complexity index is 706. The highest BCUT2D eigenvalue weighted by atomic mass is 32.2. The van der Waals surface area contributed by atoms with Crippen LogP contribution in [0.4, 0.5) is 0 Å². The number of carbonyl (C=O) groups excluding carboxylic acids is 1. The Morgan fingerprint density at radius 1 is 1.21 bits per heavy atom. The van der Waals surface area contributed by atoms with Crippen LogP contribution in [0.3, 0.4) is 0 Å². The van der Waals surface area contributed by atoms with Crippen molar-refractivity contribution in [2.45, 2.75) is 24.0 Å². The van der Waals surface area contributed by atoms with Crippen molar-refractivity contribution in [2.24, 2.45) is 0 Å². The first-order valence-corrected chi connectivity index (χ1v) is 9.42. The molecule has 0 bridgehead atoms. The number of hydrogen-bond donors (Lipinski definition) is 0. The third kappa shape index (κ3) is 3.35. The maximum Gasteiger partial charge on any atom is 0.233 e. The molecule has 24 heavy (non-hydrogen) atoms.